The number of methoxy groups -OCH3 is 1. The number of rotatable bonds is 10. The van der Waals surface area contributed by atoms with Gasteiger partial charge >= 0.3 is 0 Å². The molecule has 8 heteroatoms. The molecule has 41 heavy (non-hydrogen) atoms. The number of benzene rings is 3. The molecule has 0 bridgehead atoms. The predicted molar refractivity (Wildman–Crippen MR) is 165 cm³/mol. The number of ether oxygens (including phenoxy) is 1. The van der Waals surface area contributed by atoms with E-state index in [1.165, 1.54) is 0 Å². The smallest absolute Gasteiger partial charge is 0.255 e. The van der Waals surface area contributed by atoms with E-state index in [9.17, 15) is 9.59 Å². The number of anilines is 2. The van der Waals surface area contributed by atoms with Crippen molar-refractivity contribution in [1.29, 1.82) is 0 Å². The molecular weight excluding hydrogens is 516 g/mol. The van der Waals surface area contributed by atoms with Gasteiger partial charge in [0.05, 0.1) is 23.7 Å². The maximum atomic E-state index is 13.4. The monoisotopic (exact) mass is 554 g/mol. The van der Waals surface area contributed by atoms with Crippen LogP contribution in [0.5, 0.6) is 5.75 Å². The third-order valence-corrected chi connectivity index (χ3v) is 7.62. The molecule has 1 saturated heterocycles. The van der Waals surface area contributed by atoms with E-state index in [4.69, 9.17) is 9.15 Å². The van der Waals surface area contributed by atoms with Crippen LogP contribution in [0.2, 0.25) is 0 Å². The van der Waals surface area contributed by atoms with E-state index in [-0.39, 0.29) is 11.3 Å². The summed E-state index contributed by atoms with van der Waals surface area (Å²) in [6.45, 7) is 9.60. The van der Waals surface area contributed by atoms with E-state index < -0.39 is 0 Å². The summed E-state index contributed by atoms with van der Waals surface area (Å²) in [6.07, 6.45) is 0.823. The molecule has 2 N–H and O–H groups in total. The molecule has 1 amide bonds. The van der Waals surface area contributed by atoms with Gasteiger partial charge in [-0.05, 0) is 51.1 Å². The van der Waals surface area contributed by atoms with Gasteiger partial charge < -0.3 is 24.7 Å². The van der Waals surface area contributed by atoms with Gasteiger partial charge in [0.25, 0.3) is 5.91 Å². The van der Waals surface area contributed by atoms with E-state index >= 15 is 0 Å². The number of amides is 1. The van der Waals surface area contributed by atoms with Crippen LogP contribution in [-0.4, -0.2) is 63.7 Å². The van der Waals surface area contributed by atoms with Crippen molar-refractivity contribution in [3.63, 3.8) is 0 Å². The average molecular weight is 555 g/mol. The molecule has 1 aliphatic heterocycles. The SMILES string of the molecule is CCNc1cc(C(=O)NCCCN2CCN(c3ccccc3OC)CC2)c2oc(-c3ccccc3)c(C)c(=O)c2c1. The normalized spacial score (nSPS) is 13.8. The van der Waals surface area contributed by atoms with Gasteiger partial charge in [-0.3, -0.25) is 14.5 Å². The second-order valence-electron chi connectivity index (χ2n) is 10.3. The number of carbonyl (C=O) groups excluding carboxylic acids is 1. The van der Waals surface area contributed by atoms with Gasteiger partial charge in [0.15, 0.2) is 11.0 Å². The Morgan fingerprint density at radius 3 is 2.46 bits per heavy atom. The number of hydrogen-bond acceptors (Lipinski definition) is 7. The van der Waals surface area contributed by atoms with Crippen molar-refractivity contribution >= 4 is 28.3 Å². The molecule has 0 radical (unpaired) electrons. The zero-order valence-electron chi connectivity index (χ0n) is 24.0. The second-order valence-corrected chi connectivity index (χ2v) is 10.3. The first kappa shape index (κ1) is 28.2. The number of nitrogens with one attached hydrogen (secondary N) is 2. The lowest BCUT2D eigenvalue weighted by Gasteiger charge is -2.36. The van der Waals surface area contributed by atoms with Crippen LogP contribution < -0.4 is 25.7 Å². The second kappa shape index (κ2) is 12.9. The highest BCUT2D eigenvalue weighted by Gasteiger charge is 2.21. The summed E-state index contributed by atoms with van der Waals surface area (Å²) < 4.78 is 11.8. The van der Waals surface area contributed by atoms with Gasteiger partial charge in [-0.25, -0.2) is 0 Å². The lowest BCUT2D eigenvalue weighted by Crippen LogP contribution is -2.47. The summed E-state index contributed by atoms with van der Waals surface area (Å²) in [6, 6.07) is 21.2. The summed E-state index contributed by atoms with van der Waals surface area (Å²) in [5.74, 6) is 1.14. The topological polar surface area (TPSA) is 87.1 Å². The summed E-state index contributed by atoms with van der Waals surface area (Å²) in [4.78, 5) is 31.6. The largest absolute Gasteiger partial charge is 0.495 e. The molecule has 0 spiro atoms. The highest BCUT2D eigenvalue weighted by Crippen LogP contribution is 2.30. The van der Waals surface area contributed by atoms with Crippen molar-refractivity contribution < 1.29 is 13.9 Å². The highest BCUT2D eigenvalue weighted by molar-refractivity contribution is 6.06. The molecule has 1 aromatic heterocycles. The van der Waals surface area contributed by atoms with Crippen molar-refractivity contribution in [2.45, 2.75) is 20.3 Å². The Kier molecular flexibility index (Phi) is 8.89. The molecule has 3 aromatic carbocycles. The van der Waals surface area contributed by atoms with Gasteiger partial charge in [-0.1, -0.05) is 42.5 Å². The van der Waals surface area contributed by atoms with Crippen molar-refractivity contribution in [1.82, 2.24) is 10.2 Å². The number of fused-ring (bicyclic) bond motifs is 1. The first-order valence-electron chi connectivity index (χ1n) is 14.3. The zero-order valence-corrected chi connectivity index (χ0v) is 24.0. The lowest BCUT2D eigenvalue weighted by atomic mass is 10.0. The standard InChI is InChI=1S/C33H38N4O4/c1-4-34-25-21-26-30(38)23(2)31(24-11-6-5-7-12-24)41-32(26)27(22-25)33(39)35-15-10-16-36-17-19-37(20-18-36)28-13-8-9-14-29(28)40-3/h5-9,11-14,21-22,34H,4,10,15-20H2,1-3H3,(H,35,39). The summed E-state index contributed by atoms with van der Waals surface area (Å²) >= 11 is 0. The molecule has 214 valence electrons. The van der Waals surface area contributed by atoms with Gasteiger partial charge in [0, 0.05) is 56.1 Å². The molecule has 8 nitrogen and oxygen atoms in total. The fourth-order valence-corrected chi connectivity index (χ4v) is 5.43. The maximum absolute atomic E-state index is 13.4. The maximum Gasteiger partial charge on any atom is 0.255 e. The molecule has 5 rings (SSSR count). The van der Waals surface area contributed by atoms with Gasteiger partial charge in [0.1, 0.15) is 11.5 Å². The van der Waals surface area contributed by atoms with Gasteiger partial charge in [-0.2, -0.15) is 0 Å². The van der Waals surface area contributed by atoms with Gasteiger partial charge in [0.2, 0.25) is 0 Å². The minimum absolute atomic E-state index is 0.133. The van der Waals surface area contributed by atoms with E-state index in [1.807, 2.05) is 55.5 Å². The highest BCUT2D eigenvalue weighted by atomic mass is 16.5. The predicted octanol–water partition coefficient (Wildman–Crippen LogP) is 5.15. The number of carbonyl (C=O) groups is 1. The zero-order chi connectivity index (χ0) is 28.8. The quantitative estimate of drug-likeness (QED) is 0.262. The van der Waals surface area contributed by atoms with Crippen molar-refractivity contribution in [3.05, 3.63) is 88.1 Å². The average Bonchev–Trinajstić information content (AvgIpc) is 3.01. The molecule has 2 heterocycles. The van der Waals surface area contributed by atoms with E-state index in [2.05, 4.69) is 26.5 Å². The van der Waals surface area contributed by atoms with Crippen LogP contribution in [-0.2, 0) is 0 Å². The molecule has 1 aliphatic rings. The molecule has 1 fully saturated rings. The molecule has 4 aromatic rings. The van der Waals surface area contributed by atoms with Gasteiger partial charge in [-0.15, -0.1) is 0 Å². The third-order valence-electron chi connectivity index (χ3n) is 7.62. The Balaban J connectivity index is 1.26. The first-order chi connectivity index (χ1) is 20.0. The number of para-hydroxylation sites is 2. The van der Waals surface area contributed by atoms with E-state index in [0.29, 0.717) is 40.9 Å². The van der Waals surface area contributed by atoms with Crippen LogP contribution >= 0.6 is 0 Å². The molecule has 0 aliphatic carbocycles. The number of nitrogens with zero attached hydrogens (tertiary/aromatic N) is 2. The third kappa shape index (κ3) is 6.23. The summed E-state index contributed by atoms with van der Waals surface area (Å²) in [7, 11) is 1.71. The van der Waals surface area contributed by atoms with E-state index in [1.54, 1.807) is 26.2 Å². The van der Waals surface area contributed by atoms with Crippen molar-refractivity contribution in [2.75, 3.05) is 63.1 Å². The van der Waals surface area contributed by atoms with Crippen LogP contribution in [0.3, 0.4) is 0 Å². The fraction of sp³-hybridized carbons (Fsp3) is 0.333. The Labute approximate surface area is 240 Å². The fourth-order valence-electron chi connectivity index (χ4n) is 5.43. The van der Waals surface area contributed by atoms with Crippen LogP contribution in [0.4, 0.5) is 11.4 Å². The van der Waals surface area contributed by atoms with Crippen molar-refractivity contribution in [3.8, 4) is 17.1 Å². The van der Waals surface area contributed by atoms with Crippen LogP contribution in [0, 0.1) is 6.92 Å². The molecule has 0 unspecified atom stereocenters. The Hall–Kier alpha value is -4.30. The van der Waals surface area contributed by atoms with Crippen LogP contribution in [0.1, 0.15) is 29.3 Å². The number of piperazine rings is 1. The summed E-state index contributed by atoms with van der Waals surface area (Å²) in [5.41, 5.74) is 3.71. The summed E-state index contributed by atoms with van der Waals surface area (Å²) in [5, 5.41) is 6.70. The van der Waals surface area contributed by atoms with E-state index in [0.717, 1.165) is 61.8 Å². The van der Waals surface area contributed by atoms with Crippen molar-refractivity contribution in [2.24, 2.45) is 0 Å². The Morgan fingerprint density at radius 1 is 1.00 bits per heavy atom. The first-order valence-corrected chi connectivity index (χ1v) is 14.3. The molecule has 0 atom stereocenters. The lowest BCUT2D eigenvalue weighted by molar-refractivity contribution is 0.0952. The Bertz CT molecular complexity index is 1560. The minimum atomic E-state index is -0.248. The Morgan fingerprint density at radius 2 is 1.73 bits per heavy atom. The molecule has 0 saturated carbocycles. The van der Waals surface area contributed by atoms with Crippen LogP contribution in [0.25, 0.3) is 22.3 Å². The number of hydrogen-bond donors (Lipinski definition) is 2. The molecular formula is C33H38N4O4. The minimum Gasteiger partial charge on any atom is -0.495 e. The van der Waals surface area contributed by atoms with Crippen LogP contribution in [0.15, 0.2) is 75.9 Å².